The lowest BCUT2D eigenvalue weighted by Crippen LogP contribution is -2.42. The molecule has 0 unspecified atom stereocenters. The van der Waals surface area contributed by atoms with Gasteiger partial charge in [0, 0.05) is 0 Å². The van der Waals surface area contributed by atoms with Crippen molar-refractivity contribution in [3.63, 3.8) is 0 Å². The summed E-state index contributed by atoms with van der Waals surface area (Å²) in [5.74, 6) is -1.30. The van der Waals surface area contributed by atoms with E-state index in [1.807, 2.05) is 0 Å². The number of amides is 1. The van der Waals surface area contributed by atoms with Crippen LogP contribution >= 0.6 is 0 Å². The molecule has 0 saturated carbocycles. The standard InChI is InChI=1S/C15H18FNO3/c1-10(2)7-13(15(19)20-3)17-14(18)9-11-5-4-6-12(16)8-11/h4-6,8,13H,1,7,9H2,2-3H3,(H,17,18)/t13-/m0/s1. The van der Waals surface area contributed by atoms with Crippen LogP contribution in [0.4, 0.5) is 4.39 Å². The number of carbonyl (C=O) groups excluding carboxylic acids is 2. The van der Waals surface area contributed by atoms with Crippen molar-refractivity contribution in [2.24, 2.45) is 0 Å². The minimum atomic E-state index is -0.765. The quantitative estimate of drug-likeness (QED) is 0.640. The van der Waals surface area contributed by atoms with Gasteiger partial charge in [0.05, 0.1) is 13.5 Å². The van der Waals surface area contributed by atoms with Crippen molar-refractivity contribution in [2.45, 2.75) is 25.8 Å². The topological polar surface area (TPSA) is 55.4 Å². The number of hydrogen-bond donors (Lipinski definition) is 1. The summed E-state index contributed by atoms with van der Waals surface area (Å²) in [6, 6.07) is 5.00. The summed E-state index contributed by atoms with van der Waals surface area (Å²) in [5.41, 5.74) is 1.30. The molecule has 20 heavy (non-hydrogen) atoms. The lowest BCUT2D eigenvalue weighted by atomic mass is 10.1. The maximum Gasteiger partial charge on any atom is 0.328 e. The van der Waals surface area contributed by atoms with Crippen molar-refractivity contribution < 1.29 is 18.7 Å². The molecule has 108 valence electrons. The van der Waals surface area contributed by atoms with E-state index in [4.69, 9.17) is 0 Å². The third-order valence-electron chi connectivity index (χ3n) is 2.63. The maximum absolute atomic E-state index is 13.0. The van der Waals surface area contributed by atoms with Crippen molar-refractivity contribution in [1.29, 1.82) is 0 Å². The molecule has 1 aromatic carbocycles. The van der Waals surface area contributed by atoms with Gasteiger partial charge in [-0.2, -0.15) is 0 Å². The molecule has 0 aliphatic carbocycles. The molecule has 0 bridgehead atoms. The number of benzene rings is 1. The fourth-order valence-corrected chi connectivity index (χ4v) is 1.76. The summed E-state index contributed by atoms with van der Waals surface area (Å²) in [4.78, 5) is 23.4. The van der Waals surface area contributed by atoms with Crippen molar-refractivity contribution in [3.05, 3.63) is 47.8 Å². The summed E-state index contributed by atoms with van der Waals surface area (Å²) < 4.78 is 17.6. The molecule has 0 aromatic heterocycles. The van der Waals surface area contributed by atoms with Crippen LogP contribution < -0.4 is 5.32 Å². The predicted octanol–water partition coefficient (Wildman–Crippen LogP) is 1.99. The zero-order valence-electron chi connectivity index (χ0n) is 11.6. The molecule has 1 amide bonds. The van der Waals surface area contributed by atoms with Gasteiger partial charge in [0.15, 0.2) is 0 Å². The van der Waals surface area contributed by atoms with E-state index in [0.29, 0.717) is 12.0 Å². The first-order valence-corrected chi connectivity index (χ1v) is 6.18. The molecule has 1 rings (SSSR count). The molecule has 0 saturated heterocycles. The molecule has 0 fully saturated rings. The summed E-state index contributed by atoms with van der Waals surface area (Å²) in [5, 5.41) is 2.57. The number of ether oxygens (including phenoxy) is 1. The van der Waals surface area contributed by atoms with E-state index in [0.717, 1.165) is 5.57 Å². The lowest BCUT2D eigenvalue weighted by Gasteiger charge is -2.16. The van der Waals surface area contributed by atoms with Gasteiger partial charge in [0.25, 0.3) is 0 Å². The largest absolute Gasteiger partial charge is 0.467 e. The van der Waals surface area contributed by atoms with Crippen molar-refractivity contribution in [1.82, 2.24) is 5.32 Å². The van der Waals surface area contributed by atoms with E-state index in [2.05, 4.69) is 16.6 Å². The average molecular weight is 279 g/mol. The van der Waals surface area contributed by atoms with Gasteiger partial charge < -0.3 is 10.1 Å². The zero-order valence-corrected chi connectivity index (χ0v) is 11.6. The van der Waals surface area contributed by atoms with Crippen molar-refractivity contribution in [3.8, 4) is 0 Å². The van der Waals surface area contributed by atoms with Crippen LogP contribution in [0.3, 0.4) is 0 Å². The number of rotatable bonds is 6. The third kappa shape index (κ3) is 5.22. The Morgan fingerprint density at radius 1 is 1.45 bits per heavy atom. The van der Waals surface area contributed by atoms with Gasteiger partial charge in [0.2, 0.25) is 5.91 Å². The summed E-state index contributed by atoms with van der Waals surface area (Å²) in [7, 11) is 1.26. The van der Waals surface area contributed by atoms with Gasteiger partial charge in [-0.05, 0) is 31.0 Å². The molecule has 0 aliphatic heterocycles. The molecule has 4 nitrogen and oxygen atoms in total. The van der Waals surface area contributed by atoms with Crippen molar-refractivity contribution >= 4 is 11.9 Å². The molecule has 0 heterocycles. The highest BCUT2D eigenvalue weighted by molar-refractivity contribution is 5.85. The van der Waals surface area contributed by atoms with Gasteiger partial charge in [-0.15, -0.1) is 6.58 Å². The fraction of sp³-hybridized carbons (Fsp3) is 0.333. The normalized spacial score (nSPS) is 11.6. The summed E-state index contributed by atoms with van der Waals surface area (Å²) in [6.07, 6.45) is 0.309. The summed E-state index contributed by atoms with van der Waals surface area (Å²) >= 11 is 0. The number of carbonyl (C=O) groups is 2. The monoisotopic (exact) mass is 279 g/mol. The Morgan fingerprint density at radius 2 is 2.15 bits per heavy atom. The average Bonchev–Trinajstić information content (AvgIpc) is 2.36. The molecule has 5 heteroatoms. The van der Waals surface area contributed by atoms with Crippen LogP contribution in [-0.4, -0.2) is 25.0 Å². The Kier molecular flexibility index (Phi) is 5.90. The van der Waals surface area contributed by atoms with Crippen LogP contribution in [0.5, 0.6) is 0 Å². The van der Waals surface area contributed by atoms with Gasteiger partial charge in [0.1, 0.15) is 11.9 Å². The van der Waals surface area contributed by atoms with E-state index in [1.165, 1.54) is 25.3 Å². The van der Waals surface area contributed by atoms with Crippen molar-refractivity contribution in [2.75, 3.05) is 7.11 Å². The number of methoxy groups -OCH3 is 1. The zero-order chi connectivity index (χ0) is 15.1. The number of hydrogen-bond acceptors (Lipinski definition) is 3. The van der Waals surface area contributed by atoms with Gasteiger partial charge in [-0.25, -0.2) is 9.18 Å². The Balaban J connectivity index is 2.66. The minimum Gasteiger partial charge on any atom is -0.467 e. The Hall–Kier alpha value is -2.17. The molecule has 0 aliphatic rings. The Bertz CT molecular complexity index is 514. The van der Waals surface area contributed by atoms with Crippen LogP contribution in [-0.2, 0) is 20.7 Å². The Morgan fingerprint density at radius 3 is 2.70 bits per heavy atom. The highest BCUT2D eigenvalue weighted by Gasteiger charge is 2.21. The van der Waals surface area contributed by atoms with E-state index in [9.17, 15) is 14.0 Å². The highest BCUT2D eigenvalue weighted by Crippen LogP contribution is 2.07. The highest BCUT2D eigenvalue weighted by atomic mass is 19.1. The molecular formula is C15H18FNO3. The smallest absolute Gasteiger partial charge is 0.328 e. The second kappa shape index (κ2) is 7.43. The molecular weight excluding hydrogens is 261 g/mol. The first-order chi connectivity index (χ1) is 9.42. The lowest BCUT2D eigenvalue weighted by molar-refractivity contribution is -0.145. The molecule has 1 aromatic rings. The second-order valence-electron chi connectivity index (χ2n) is 4.61. The summed E-state index contributed by atoms with van der Waals surface area (Å²) in [6.45, 7) is 5.46. The van der Waals surface area contributed by atoms with Crippen LogP contribution in [0.2, 0.25) is 0 Å². The fourth-order valence-electron chi connectivity index (χ4n) is 1.76. The molecule has 1 N–H and O–H groups in total. The van der Waals surface area contributed by atoms with E-state index in [-0.39, 0.29) is 12.3 Å². The van der Waals surface area contributed by atoms with Gasteiger partial charge >= 0.3 is 5.97 Å². The SMILES string of the molecule is C=C(C)C[C@H](NC(=O)Cc1cccc(F)c1)C(=O)OC. The Labute approximate surface area is 117 Å². The van der Waals surface area contributed by atoms with Crippen LogP contribution in [0.1, 0.15) is 18.9 Å². The molecule has 1 atom stereocenters. The minimum absolute atomic E-state index is 0.00143. The first kappa shape index (κ1) is 15.9. The van der Waals surface area contributed by atoms with Crippen LogP contribution in [0.25, 0.3) is 0 Å². The first-order valence-electron chi connectivity index (χ1n) is 6.18. The van der Waals surface area contributed by atoms with E-state index >= 15 is 0 Å². The van der Waals surface area contributed by atoms with Crippen LogP contribution in [0, 0.1) is 5.82 Å². The van der Waals surface area contributed by atoms with E-state index in [1.54, 1.807) is 13.0 Å². The van der Waals surface area contributed by atoms with E-state index < -0.39 is 17.8 Å². The maximum atomic E-state index is 13.0. The predicted molar refractivity (Wildman–Crippen MR) is 73.5 cm³/mol. The number of halogens is 1. The number of esters is 1. The van der Waals surface area contributed by atoms with Gasteiger partial charge in [-0.3, -0.25) is 4.79 Å². The second-order valence-corrected chi connectivity index (χ2v) is 4.61. The van der Waals surface area contributed by atoms with Gasteiger partial charge in [-0.1, -0.05) is 17.7 Å². The third-order valence-corrected chi connectivity index (χ3v) is 2.63. The number of nitrogens with one attached hydrogen (secondary N) is 1. The molecule has 0 spiro atoms. The molecule has 0 radical (unpaired) electrons. The van der Waals surface area contributed by atoms with Crippen LogP contribution in [0.15, 0.2) is 36.4 Å².